The highest BCUT2D eigenvalue weighted by molar-refractivity contribution is 7.99. The van der Waals surface area contributed by atoms with Crippen LogP contribution in [0.25, 0.3) is 5.70 Å². The van der Waals surface area contributed by atoms with E-state index in [1.54, 1.807) is 18.5 Å². The van der Waals surface area contributed by atoms with Gasteiger partial charge in [0.15, 0.2) is 0 Å². The van der Waals surface area contributed by atoms with Gasteiger partial charge in [-0.2, -0.15) is 13.2 Å². The summed E-state index contributed by atoms with van der Waals surface area (Å²) in [6, 6.07) is 8.91. The molecule has 7 nitrogen and oxygen atoms in total. The number of aromatic nitrogens is 3. The highest BCUT2D eigenvalue weighted by Gasteiger charge is 2.34. The van der Waals surface area contributed by atoms with E-state index in [1.165, 1.54) is 24.9 Å². The Morgan fingerprint density at radius 3 is 2.72 bits per heavy atom. The van der Waals surface area contributed by atoms with Crippen molar-refractivity contribution in [3.63, 3.8) is 0 Å². The Labute approximate surface area is 231 Å². The summed E-state index contributed by atoms with van der Waals surface area (Å²) < 4.78 is 43.1. The highest BCUT2D eigenvalue weighted by atomic mass is 32.2. The van der Waals surface area contributed by atoms with Crippen LogP contribution in [-0.2, 0) is 19.3 Å². The van der Waals surface area contributed by atoms with Crippen molar-refractivity contribution in [1.82, 2.24) is 24.8 Å². The van der Waals surface area contributed by atoms with Gasteiger partial charge >= 0.3 is 6.18 Å². The SMILES string of the molecule is C=C(c1ccnc(NSC)c1)N1CC[C@H](N2Cc3cnc(Nc4ccc(C)c(C(F)(F)F)c4)nc3C2)C[C@H]1C. The number of hydrogen-bond donors (Lipinski definition) is 2. The number of hydrogen-bond acceptors (Lipinski definition) is 8. The van der Waals surface area contributed by atoms with Gasteiger partial charge < -0.3 is 14.9 Å². The number of aryl methyl sites for hydroxylation is 1. The molecule has 4 heterocycles. The Balaban J connectivity index is 1.22. The minimum absolute atomic E-state index is 0.181. The summed E-state index contributed by atoms with van der Waals surface area (Å²) in [7, 11) is 0. The number of benzene rings is 1. The molecule has 2 aliphatic heterocycles. The van der Waals surface area contributed by atoms with E-state index in [0.29, 0.717) is 30.3 Å². The zero-order chi connectivity index (χ0) is 27.7. The average molecular weight is 556 g/mol. The second-order valence-corrected chi connectivity index (χ2v) is 10.7. The Hall–Kier alpha value is -3.31. The van der Waals surface area contributed by atoms with Crippen LogP contribution in [0.1, 0.15) is 47.7 Å². The number of rotatable bonds is 7. The number of alkyl halides is 3. The molecule has 3 aromatic rings. The second-order valence-electron chi connectivity index (χ2n) is 10.1. The summed E-state index contributed by atoms with van der Waals surface area (Å²) in [4.78, 5) is 18.2. The summed E-state index contributed by atoms with van der Waals surface area (Å²) in [5, 5.41) is 2.95. The van der Waals surface area contributed by atoms with Gasteiger partial charge in [0, 0.05) is 72.9 Å². The molecule has 0 radical (unpaired) electrons. The number of nitrogens with one attached hydrogen (secondary N) is 2. The van der Waals surface area contributed by atoms with E-state index in [2.05, 4.69) is 48.3 Å². The third kappa shape index (κ3) is 5.99. The first-order valence-electron chi connectivity index (χ1n) is 12.9. The van der Waals surface area contributed by atoms with Crippen molar-refractivity contribution >= 4 is 35.1 Å². The molecular formula is C28H32F3N7S. The van der Waals surface area contributed by atoms with Crippen LogP contribution >= 0.6 is 11.9 Å². The number of nitrogens with zero attached hydrogens (tertiary/aromatic N) is 5. The first-order valence-corrected chi connectivity index (χ1v) is 14.1. The van der Waals surface area contributed by atoms with Crippen molar-refractivity contribution in [2.24, 2.45) is 0 Å². The molecule has 5 rings (SSSR count). The van der Waals surface area contributed by atoms with E-state index >= 15 is 0 Å². The van der Waals surface area contributed by atoms with Crippen LogP contribution in [0.15, 0.2) is 49.3 Å². The zero-order valence-corrected chi connectivity index (χ0v) is 23.0. The van der Waals surface area contributed by atoms with Crippen LogP contribution in [0, 0.1) is 6.92 Å². The maximum atomic E-state index is 13.3. The molecule has 206 valence electrons. The predicted molar refractivity (Wildman–Crippen MR) is 150 cm³/mol. The molecule has 39 heavy (non-hydrogen) atoms. The van der Waals surface area contributed by atoms with E-state index in [1.807, 2.05) is 18.4 Å². The van der Waals surface area contributed by atoms with Crippen molar-refractivity contribution in [3.05, 3.63) is 77.3 Å². The van der Waals surface area contributed by atoms with Gasteiger partial charge in [0.2, 0.25) is 5.95 Å². The number of piperidine rings is 1. The lowest BCUT2D eigenvalue weighted by Gasteiger charge is -2.43. The number of anilines is 3. The number of likely N-dealkylation sites (tertiary alicyclic amines) is 1. The van der Waals surface area contributed by atoms with Gasteiger partial charge in [0.1, 0.15) is 5.82 Å². The average Bonchev–Trinajstić information content (AvgIpc) is 3.33. The van der Waals surface area contributed by atoms with E-state index in [4.69, 9.17) is 0 Å². The van der Waals surface area contributed by atoms with Crippen LogP contribution in [0.3, 0.4) is 0 Å². The summed E-state index contributed by atoms with van der Waals surface area (Å²) in [5.41, 5.74) is 3.88. The molecule has 2 atom stereocenters. The minimum Gasteiger partial charge on any atom is -0.369 e. The van der Waals surface area contributed by atoms with Crippen molar-refractivity contribution in [3.8, 4) is 0 Å². The Morgan fingerprint density at radius 1 is 1.15 bits per heavy atom. The van der Waals surface area contributed by atoms with Crippen LogP contribution in [0.2, 0.25) is 0 Å². The van der Waals surface area contributed by atoms with Crippen LogP contribution in [0.5, 0.6) is 0 Å². The molecule has 1 aromatic carbocycles. The lowest BCUT2D eigenvalue weighted by molar-refractivity contribution is -0.138. The van der Waals surface area contributed by atoms with E-state index in [0.717, 1.165) is 60.3 Å². The second kappa shape index (κ2) is 11.1. The van der Waals surface area contributed by atoms with Gasteiger partial charge in [-0.05, 0) is 56.5 Å². The van der Waals surface area contributed by atoms with Crippen LogP contribution < -0.4 is 10.0 Å². The quantitative estimate of drug-likeness (QED) is 0.322. The van der Waals surface area contributed by atoms with E-state index < -0.39 is 11.7 Å². The smallest absolute Gasteiger partial charge is 0.369 e. The fourth-order valence-corrected chi connectivity index (χ4v) is 5.77. The molecular weight excluding hydrogens is 523 g/mol. The molecule has 11 heteroatoms. The maximum absolute atomic E-state index is 13.3. The molecule has 0 aliphatic carbocycles. The topological polar surface area (TPSA) is 69.2 Å². The molecule has 2 aromatic heterocycles. The van der Waals surface area contributed by atoms with E-state index in [-0.39, 0.29) is 5.56 Å². The summed E-state index contributed by atoms with van der Waals surface area (Å²) >= 11 is 1.51. The fraction of sp³-hybridized carbons (Fsp3) is 0.393. The van der Waals surface area contributed by atoms with Crippen molar-refractivity contribution in [2.75, 3.05) is 22.8 Å². The van der Waals surface area contributed by atoms with Gasteiger partial charge in [0.25, 0.3) is 0 Å². The largest absolute Gasteiger partial charge is 0.416 e. The Bertz CT molecular complexity index is 1360. The first-order chi connectivity index (χ1) is 18.6. The van der Waals surface area contributed by atoms with Crippen molar-refractivity contribution < 1.29 is 13.2 Å². The molecule has 2 N–H and O–H groups in total. The third-order valence-electron chi connectivity index (χ3n) is 7.49. The van der Waals surface area contributed by atoms with Crippen molar-refractivity contribution in [1.29, 1.82) is 0 Å². The number of pyridine rings is 1. The summed E-state index contributed by atoms with van der Waals surface area (Å²) in [5.74, 6) is 1.12. The van der Waals surface area contributed by atoms with Gasteiger partial charge in [-0.15, -0.1) is 0 Å². The molecule has 2 aliphatic rings. The van der Waals surface area contributed by atoms with Crippen molar-refractivity contribution in [2.45, 2.75) is 58.0 Å². The van der Waals surface area contributed by atoms with Gasteiger partial charge in [-0.1, -0.05) is 24.6 Å². The molecule has 0 saturated carbocycles. The highest BCUT2D eigenvalue weighted by Crippen LogP contribution is 2.35. The maximum Gasteiger partial charge on any atom is 0.416 e. The van der Waals surface area contributed by atoms with Crippen LogP contribution in [0.4, 0.5) is 30.6 Å². The summed E-state index contributed by atoms with van der Waals surface area (Å²) in [6.45, 7) is 10.4. The molecule has 1 fully saturated rings. The lowest BCUT2D eigenvalue weighted by Crippen LogP contribution is -2.46. The predicted octanol–water partition coefficient (Wildman–Crippen LogP) is 6.47. The van der Waals surface area contributed by atoms with Gasteiger partial charge in [-0.25, -0.2) is 15.0 Å². The Morgan fingerprint density at radius 2 is 1.97 bits per heavy atom. The minimum atomic E-state index is -4.41. The van der Waals surface area contributed by atoms with Crippen LogP contribution in [-0.4, -0.2) is 49.6 Å². The molecule has 0 amide bonds. The molecule has 0 spiro atoms. The normalized spacial score (nSPS) is 19.6. The Kier molecular flexibility index (Phi) is 7.73. The van der Waals surface area contributed by atoms with E-state index in [9.17, 15) is 13.2 Å². The molecule has 0 bridgehead atoms. The van der Waals surface area contributed by atoms with Gasteiger partial charge in [0.05, 0.1) is 11.3 Å². The molecule has 0 unspecified atom stereocenters. The molecule has 1 saturated heterocycles. The zero-order valence-electron chi connectivity index (χ0n) is 22.2. The monoisotopic (exact) mass is 555 g/mol. The fourth-order valence-electron chi connectivity index (χ4n) is 5.45. The number of halogens is 3. The van der Waals surface area contributed by atoms with Gasteiger partial charge in [-0.3, -0.25) is 4.90 Å². The lowest BCUT2D eigenvalue weighted by atomic mass is 9.95. The third-order valence-corrected chi connectivity index (χ3v) is 7.90. The first kappa shape index (κ1) is 27.3. The summed E-state index contributed by atoms with van der Waals surface area (Å²) in [6.07, 6.45) is 3.14. The number of fused-ring (bicyclic) bond motifs is 1. The standard InChI is InChI=1S/C28H32F3N7S/c1-17-5-6-22(13-24(17)28(29,30)31)34-27-33-14-21-15-37(16-25(21)35-27)23-8-10-38(18(2)11-23)19(3)20-7-9-32-26(12-20)36-39-4/h5-7,9,12-14,18,23H,3,8,10-11,15-16H2,1-2,4H3,(H,32,36)(H,33,34,35)/t18-,23+/m1/s1.